The summed E-state index contributed by atoms with van der Waals surface area (Å²) in [5.74, 6) is -0.323. The molecular weight excluding hydrogens is 393 g/mol. The third-order valence-corrected chi connectivity index (χ3v) is 6.26. The van der Waals surface area contributed by atoms with Crippen molar-refractivity contribution in [3.63, 3.8) is 0 Å². The third-order valence-electron chi connectivity index (χ3n) is 6.26. The second-order valence-corrected chi connectivity index (χ2v) is 8.90. The van der Waals surface area contributed by atoms with E-state index in [2.05, 4.69) is 55.2 Å². The van der Waals surface area contributed by atoms with Crippen LogP contribution in [0.3, 0.4) is 0 Å². The molecule has 3 rings (SSSR count). The van der Waals surface area contributed by atoms with Gasteiger partial charge in [0, 0.05) is 11.1 Å². The molecule has 0 aliphatic heterocycles. The summed E-state index contributed by atoms with van der Waals surface area (Å²) in [6.45, 7) is 4.46. The van der Waals surface area contributed by atoms with Crippen LogP contribution in [0.5, 0.6) is 0 Å². The number of benzene rings is 2. The average Bonchev–Trinajstić information content (AvgIpc) is 2.83. The smallest absolute Gasteiger partial charge is 0.216 e. The zero-order valence-corrected chi connectivity index (χ0v) is 19.9. The number of unbranched alkanes of at least 4 members (excludes halogenated alkanes) is 7. The van der Waals surface area contributed by atoms with Crippen molar-refractivity contribution in [3.05, 3.63) is 77.7 Å². The predicted molar refractivity (Wildman–Crippen MR) is 135 cm³/mol. The zero-order chi connectivity index (χ0) is 22.6. The summed E-state index contributed by atoms with van der Waals surface area (Å²) in [4.78, 5) is 4.25. The van der Waals surface area contributed by atoms with Crippen molar-refractivity contribution in [2.75, 3.05) is 0 Å². The van der Waals surface area contributed by atoms with Gasteiger partial charge in [-0.3, -0.25) is 0 Å². The van der Waals surface area contributed by atoms with Gasteiger partial charge in [-0.25, -0.2) is 4.98 Å². The molecule has 0 spiro atoms. The highest BCUT2D eigenvalue weighted by Crippen LogP contribution is 2.25. The summed E-state index contributed by atoms with van der Waals surface area (Å²) in [5.41, 5.74) is 6.19. The molecule has 0 saturated heterocycles. The molecule has 0 unspecified atom stereocenters. The molecule has 170 valence electrons. The van der Waals surface area contributed by atoms with Crippen molar-refractivity contribution >= 4 is 0 Å². The van der Waals surface area contributed by atoms with E-state index in [-0.39, 0.29) is 5.95 Å². The molecule has 0 radical (unpaired) electrons. The minimum atomic E-state index is -0.323. The van der Waals surface area contributed by atoms with Crippen LogP contribution in [0.1, 0.15) is 82.8 Å². The fraction of sp³-hybridized carbons (Fsp3) is 0.433. The first-order chi connectivity index (χ1) is 15.7. The van der Waals surface area contributed by atoms with Gasteiger partial charge in [0.05, 0.1) is 5.69 Å². The molecule has 3 aromatic rings. The molecule has 0 fully saturated rings. The highest BCUT2D eigenvalue weighted by Gasteiger charge is 2.08. The summed E-state index contributed by atoms with van der Waals surface area (Å²) in [6.07, 6.45) is 13.0. The molecule has 1 nitrogen and oxygen atoms in total. The van der Waals surface area contributed by atoms with E-state index in [1.165, 1.54) is 61.6 Å². The largest absolute Gasteiger partial charge is 0.219 e. The highest BCUT2D eigenvalue weighted by atomic mass is 19.1. The number of hydrogen-bond acceptors (Lipinski definition) is 1. The molecule has 2 aromatic carbocycles. The van der Waals surface area contributed by atoms with Gasteiger partial charge in [0.15, 0.2) is 0 Å². The van der Waals surface area contributed by atoms with Crippen molar-refractivity contribution in [2.24, 2.45) is 0 Å². The van der Waals surface area contributed by atoms with E-state index < -0.39 is 0 Å². The summed E-state index contributed by atoms with van der Waals surface area (Å²) < 4.78 is 14.5. The van der Waals surface area contributed by atoms with Gasteiger partial charge in [0.2, 0.25) is 5.95 Å². The topological polar surface area (TPSA) is 12.9 Å². The van der Waals surface area contributed by atoms with Crippen LogP contribution in [0.4, 0.5) is 4.39 Å². The molecule has 2 heteroatoms. The van der Waals surface area contributed by atoms with Gasteiger partial charge in [-0.15, -0.1) is 0 Å². The summed E-state index contributed by atoms with van der Waals surface area (Å²) in [5, 5.41) is 0. The number of rotatable bonds is 13. The normalized spacial score (nSPS) is 11.1. The highest BCUT2D eigenvalue weighted by molar-refractivity contribution is 5.69. The molecule has 1 aromatic heterocycles. The molecular formula is C30H38FN. The van der Waals surface area contributed by atoms with Crippen molar-refractivity contribution in [3.8, 4) is 22.4 Å². The van der Waals surface area contributed by atoms with Crippen molar-refractivity contribution in [2.45, 2.75) is 84.5 Å². The van der Waals surface area contributed by atoms with Crippen LogP contribution in [0, 0.1) is 5.95 Å². The molecule has 0 saturated carbocycles. The van der Waals surface area contributed by atoms with Gasteiger partial charge < -0.3 is 0 Å². The number of aryl methyl sites for hydroxylation is 2. The van der Waals surface area contributed by atoms with E-state index in [1.54, 1.807) is 0 Å². The Hall–Kier alpha value is -2.48. The van der Waals surface area contributed by atoms with Crippen LogP contribution in [-0.2, 0) is 12.8 Å². The van der Waals surface area contributed by atoms with Crippen LogP contribution >= 0.6 is 0 Å². The Labute approximate surface area is 194 Å². The maximum absolute atomic E-state index is 14.5. The Morgan fingerprint density at radius 1 is 0.562 bits per heavy atom. The summed E-state index contributed by atoms with van der Waals surface area (Å²) >= 11 is 0. The Balaban J connectivity index is 1.58. The van der Waals surface area contributed by atoms with Crippen LogP contribution in [0.15, 0.2) is 60.7 Å². The van der Waals surface area contributed by atoms with E-state index in [9.17, 15) is 4.39 Å². The first-order valence-corrected chi connectivity index (χ1v) is 12.6. The minimum absolute atomic E-state index is 0.323. The second kappa shape index (κ2) is 13.2. The number of pyridine rings is 1. The quantitative estimate of drug-likeness (QED) is 0.194. The number of nitrogens with zero attached hydrogens (tertiary/aromatic N) is 1. The summed E-state index contributed by atoms with van der Waals surface area (Å²) in [7, 11) is 0. The Kier molecular flexibility index (Phi) is 9.94. The molecule has 0 N–H and O–H groups in total. The minimum Gasteiger partial charge on any atom is -0.219 e. The zero-order valence-electron chi connectivity index (χ0n) is 19.9. The van der Waals surface area contributed by atoms with Gasteiger partial charge in [0.1, 0.15) is 0 Å². The number of aromatic nitrogens is 1. The van der Waals surface area contributed by atoms with Gasteiger partial charge >= 0.3 is 0 Å². The maximum Gasteiger partial charge on any atom is 0.216 e. The van der Waals surface area contributed by atoms with Crippen LogP contribution in [0.25, 0.3) is 22.4 Å². The first kappa shape index (κ1) is 24.2. The lowest BCUT2D eigenvalue weighted by molar-refractivity contribution is 0.556. The standard InChI is InChI=1S/C30H38FN/c1-3-5-7-9-11-13-28-22-23-29(32-30(28)31)27-20-18-26(19-21-27)25-16-14-24(15-17-25)12-10-8-6-4-2/h14-23H,3-13H2,1-2H3. The van der Waals surface area contributed by atoms with E-state index in [0.717, 1.165) is 36.8 Å². The number of hydrogen-bond donors (Lipinski definition) is 0. The van der Waals surface area contributed by atoms with Gasteiger partial charge in [-0.05, 0) is 48.4 Å². The lowest BCUT2D eigenvalue weighted by Gasteiger charge is -2.08. The predicted octanol–water partition coefficient (Wildman–Crippen LogP) is 9.19. The second-order valence-electron chi connectivity index (χ2n) is 8.90. The van der Waals surface area contributed by atoms with Crippen LogP contribution < -0.4 is 0 Å². The SMILES string of the molecule is CCCCCCCc1ccc(-c2ccc(-c3ccc(CCCCCC)cc3)cc2)nc1F. The lowest BCUT2D eigenvalue weighted by Crippen LogP contribution is -1.96. The first-order valence-electron chi connectivity index (χ1n) is 12.6. The maximum atomic E-state index is 14.5. The molecule has 32 heavy (non-hydrogen) atoms. The fourth-order valence-corrected chi connectivity index (χ4v) is 4.18. The Bertz CT molecular complexity index is 928. The van der Waals surface area contributed by atoms with Gasteiger partial charge in [-0.2, -0.15) is 4.39 Å². The molecule has 0 aliphatic carbocycles. The average molecular weight is 432 g/mol. The molecule has 0 atom stereocenters. The van der Waals surface area contributed by atoms with E-state index in [1.807, 2.05) is 24.3 Å². The van der Waals surface area contributed by atoms with E-state index in [0.29, 0.717) is 5.69 Å². The Morgan fingerprint density at radius 3 is 1.72 bits per heavy atom. The lowest BCUT2D eigenvalue weighted by atomic mass is 9.99. The van der Waals surface area contributed by atoms with Gasteiger partial charge in [0.25, 0.3) is 0 Å². The molecule has 0 bridgehead atoms. The van der Waals surface area contributed by atoms with Gasteiger partial charge in [-0.1, -0.05) is 113 Å². The van der Waals surface area contributed by atoms with E-state index >= 15 is 0 Å². The van der Waals surface area contributed by atoms with Crippen molar-refractivity contribution in [1.82, 2.24) is 4.98 Å². The van der Waals surface area contributed by atoms with Crippen LogP contribution in [0.2, 0.25) is 0 Å². The van der Waals surface area contributed by atoms with Crippen molar-refractivity contribution < 1.29 is 4.39 Å². The fourth-order valence-electron chi connectivity index (χ4n) is 4.18. The third kappa shape index (κ3) is 7.29. The molecule has 0 amide bonds. The Morgan fingerprint density at radius 2 is 1.09 bits per heavy atom. The molecule has 0 aliphatic rings. The monoisotopic (exact) mass is 431 g/mol. The summed E-state index contributed by atoms with van der Waals surface area (Å²) in [6, 6.07) is 21.0. The molecule has 1 heterocycles. The van der Waals surface area contributed by atoms with E-state index in [4.69, 9.17) is 0 Å². The van der Waals surface area contributed by atoms with Crippen molar-refractivity contribution in [1.29, 1.82) is 0 Å². The number of halogens is 1. The van der Waals surface area contributed by atoms with Crippen LogP contribution in [-0.4, -0.2) is 4.98 Å².